The predicted octanol–water partition coefficient (Wildman–Crippen LogP) is 5.21. The highest BCUT2D eigenvalue weighted by Crippen LogP contribution is 2.24. The molecule has 0 saturated carbocycles. The molecule has 2 aromatic rings. The molecule has 2 rings (SSSR count). The highest BCUT2D eigenvalue weighted by Gasteiger charge is 2.12. The van der Waals surface area contributed by atoms with Gasteiger partial charge in [-0.1, -0.05) is 29.3 Å². The summed E-state index contributed by atoms with van der Waals surface area (Å²) in [5, 5.41) is 7.95. The summed E-state index contributed by atoms with van der Waals surface area (Å²) < 4.78 is 0. The Labute approximate surface area is 141 Å². The second kappa shape index (κ2) is 7.03. The van der Waals surface area contributed by atoms with E-state index in [1.807, 2.05) is 42.3 Å². The Morgan fingerprint density at radius 3 is 2.41 bits per heavy atom. The summed E-state index contributed by atoms with van der Waals surface area (Å²) >= 11 is 12.1. The lowest BCUT2D eigenvalue weighted by molar-refractivity contribution is 0.713. The Bertz CT molecular complexity index is 696. The standard InChI is InChI=1S/C17H19Cl2N3/c1-11(2)22(15-6-4-5-13(18)9-15)21-12(3)16-10-14(19)7-8-17(16)20/h4-11H,20H2,1-3H3/b21-12+. The molecule has 0 radical (unpaired) electrons. The van der Waals surface area contributed by atoms with E-state index < -0.39 is 0 Å². The first-order chi connectivity index (χ1) is 10.4. The van der Waals surface area contributed by atoms with Crippen LogP contribution in [0.3, 0.4) is 0 Å². The van der Waals surface area contributed by atoms with Crippen LogP contribution in [0.2, 0.25) is 10.0 Å². The summed E-state index contributed by atoms with van der Waals surface area (Å²) in [6.07, 6.45) is 0. The average molecular weight is 336 g/mol. The van der Waals surface area contributed by atoms with Crippen molar-refractivity contribution in [3.05, 3.63) is 58.1 Å². The van der Waals surface area contributed by atoms with Crippen molar-refractivity contribution in [2.24, 2.45) is 5.10 Å². The molecule has 0 atom stereocenters. The van der Waals surface area contributed by atoms with Crippen LogP contribution in [0.25, 0.3) is 0 Å². The summed E-state index contributed by atoms with van der Waals surface area (Å²) in [6.45, 7) is 6.06. The molecule has 0 aliphatic rings. The number of hydrogen-bond donors (Lipinski definition) is 1. The number of rotatable bonds is 4. The lowest BCUT2D eigenvalue weighted by Crippen LogP contribution is -2.26. The van der Waals surface area contributed by atoms with E-state index in [9.17, 15) is 0 Å². The van der Waals surface area contributed by atoms with Crippen molar-refractivity contribution in [3.63, 3.8) is 0 Å². The zero-order valence-electron chi connectivity index (χ0n) is 12.8. The molecule has 0 spiro atoms. The van der Waals surface area contributed by atoms with Crippen molar-refractivity contribution in [2.45, 2.75) is 26.8 Å². The van der Waals surface area contributed by atoms with Crippen LogP contribution < -0.4 is 10.7 Å². The number of halogens is 2. The van der Waals surface area contributed by atoms with Gasteiger partial charge < -0.3 is 5.73 Å². The Morgan fingerprint density at radius 1 is 1.09 bits per heavy atom. The normalized spacial score (nSPS) is 11.8. The lowest BCUT2D eigenvalue weighted by atomic mass is 10.1. The van der Waals surface area contributed by atoms with Crippen LogP contribution in [0.5, 0.6) is 0 Å². The third-order valence-electron chi connectivity index (χ3n) is 3.22. The van der Waals surface area contributed by atoms with E-state index >= 15 is 0 Å². The third-order valence-corrected chi connectivity index (χ3v) is 3.69. The van der Waals surface area contributed by atoms with Crippen LogP contribution in [0.15, 0.2) is 47.6 Å². The minimum absolute atomic E-state index is 0.175. The summed E-state index contributed by atoms with van der Waals surface area (Å²) in [4.78, 5) is 0. The SMILES string of the molecule is C/C(=N\N(c1cccc(Cl)c1)C(C)C)c1cc(Cl)ccc1N. The molecule has 0 amide bonds. The van der Waals surface area contributed by atoms with Gasteiger partial charge >= 0.3 is 0 Å². The molecule has 2 N–H and O–H groups in total. The van der Waals surface area contributed by atoms with Gasteiger partial charge in [-0.05, 0) is 57.2 Å². The summed E-state index contributed by atoms with van der Waals surface area (Å²) in [6, 6.07) is 13.2. The molecular weight excluding hydrogens is 317 g/mol. The van der Waals surface area contributed by atoms with Gasteiger partial charge in [0.2, 0.25) is 0 Å². The Morgan fingerprint density at radius 2 is 1.77 bits per heavy atom. The number of anilines is 2. The number of nitrogen functional groups attached to an aromatic ring is 1. The van der Waals surface area contributed by atoms with E-state index in [1.54, 1.807) is 12.1 Å². The summed E-state index contributed by atoms with van der Waals surface area (Å²) in [5.74, 6) is 0. The van der Waals surface area contributed by atoms with Gasteiger partial charge in [-0.3, -0.25) is 5.01 Å². The second-order valence-corrected chi connectivity index (χ2v) is 6.21. The number of hydrazone groups is 1. The van der Waals surface area contributed by atoms with Crippen molar-refractivity contribution in [2.75, 3.05) is 10.7 Å². The fourth-order valence-electron chi connectivity index (χ4n) is 2.15. The molecule has 116 valence electrons. The van der Waals surface area contributed by atoms with Crippen LogP contribution in [0.1, 0.15) is 26.3 Å². The number of nitrogens with two attached hydrogens (primary N) is 1. The smallest absolute Gasteiger partial charge is 0.0672 e. The van der Waals surface area contributed by atoms with Crippen LogP contribution >= 0.6 is 23.2 Å². The Hall–Kier alpha value is -1.71. The minimum atomic E-state index is 0.175. The molecule has 0 heterocycles. The van der Waals surface area contributed by atoms with E-state index in [1.165, 1.54) is 0 Å². The lowest BCUT2D eigenvalue weighted by Gasteiger charge is -2.25. The van der Waals surface area contributed by atoms with Crippen LogP contribution in [-0.2, 0) is 0 Å². The molecule has 0 saturated heterocycles. The molecule has 0 fully saturated rings. The van der Waals surface area contributed by atoms with Crippen molar-refractivity contribution < 1.29 is 0 Å². The molecule has 22 heavy (non-hydrogen) atoms. The number of nitrogens with zero attached hydrogens (tertiary/aromatic N) is 2. The molecular formula is C17H19Cl2N3. The van der Waals surface area contributed by atoms with Crippen molar-refractivity contribution in [1.82, 2.24) is 0 Å². The van der Waals surface area contributed by atoms with Crippen molar-refractivity contribution in [1.29, 1.82) is 0 Å². The molecule has 0 aliphatic carbocycles. The second-order valence-electron chi connectivity index (χ2n) is 5.34. The van der Waals surface area contributed by atoms with Crippen LogP contribution in [0.4, 0.5) is 11.4 Å². The van der Waals surface area contributed by atoms with Crippen LogP contribution in [-0.4, -0.2) is 11.8 Å². The first-order valence-corrected chi connectivity index (χ1v) is 7.79. The van der Waals surface area contributed by atoms with E-state index in [-0.39, 0.29) is 6.04 Å². The van der Waals surface area contributed by atoms with Gasteiger partial charge in [0.1, 0.15) is 0 Å². The molecule has 3 nitrogen and oxygen atoms in total. The quantitative estimate of drug-likeness (QED) is 0.473. The molecule has 0 aliphatic heterocycles. The van der Waals surface area contributed by atoms with Gasteiger partial charge in [-0.25, -0.2) is 0 Å². The van der Waals surface area contributed by atoms with Gasteiger partial charge in [0.25, 0.3) is 0 Å². The zero-order chi connectivity index (χ0) is 16.3. The van der Waals surface area contributed by atoms with Gasteiger partial charge in [-0.15, -0.1) is 0 Å². The Kier molecular flexibility index (Phi) is 5.33. The fourth-order valence-corrected chi connectivity index (χ4v) is 2.50. The van der Waals surface area contributed by atoms with E-state index in [4.69, 9.17) is 34.0 Å². The fraction of sp³-hybridized carbons (Fsp3) is 0.235. The van der Waals surface area contributed by atoms with E-state index in [0.29, 0.717) is 15.7 Å². The molecule has 2 aromatic carbocycles. The van der Waals surface area contributed by atoms with Crippen molar-refractivity contribution >= 4 is 40.3 Å². The topological polar surface area (TPSA) is 41.6 Å². The Balaban J connectivity index is 2.43. The largest absolute Gasteiger partial charge is 0.398 e. The maximum Gasteiger partial charge on any atom is 0.0672 e. The van der Waals surface area contributed by atoms with E-state index in [2.05, 4.69) is 13.8 Å². The van der Waals surface area contributed by atoms with Gasteiger partial charge in [0, 0.05) is 27.3 Å². The highest BCUT2D eigenvalue weighted by atomic mass is 35.5. The molecule has 5 heteroatoms. The summed E-state index contributed by atoms with van der Waals surface area (Å²) in [5.41, 5.74) is 9.25. The van der Waals surface area contributed by atoms with Gasteiger partial charge in [0.05, 0.1) is 11.4 Å². The zero-order valence-corrected chi connectivity index (χ0v) is 14.4. The first kappa shape index (κ1) is 16.7. The molecule has 0 aromatic heterocycles. The third kappa shape index (κ3) is 3.93. The van der Waals surface area contributed by atoms with Gasteiger partial charge in [-0.2, -0.15) is 5.10 Å². The molecule has 0 unspecified atom stereocenters. The van der Waals surface area contributed by atoms with E-state index in [0.717, 1.165) is 17.0 Å². The average Bonchev–Trinajstić information content (AvgIpc) is 2.46. The summed E-state index contributed by atoms with van der Waals surface area (Å²) in [7, 11) is 0. The van der Waals surface area contributed by atoms with Crippen LogP contribution in [0, 0.1) is 0 Å². The highest BCUT2D eigenvalue weighted by molar-refractivity contribution is 6.31. The van der Waals surface area contributed by atoms with Gasteiger partial charge in [0.15, 0.2) is 0 Å². The molecule has 0 bridgehead atoms. The van der Waals surface area contributed by atoms with Crippen molar-refractivity contribution in [3.8, 4) is 0 Å². The number of benzene rings is 2. The monoisotopic (exact) mass is 335 g/mol. The number of hydrogen-bond acceptors (Lipinski definition) is 3. The minimum Gasteiger partial charge on any atom is -0.398 e. The maximum absolute atomic E-state index is 6.08. The first-order valence-electron chi connectivity index (χ1n) is 7.04. The predicted molar refractivity (Wildman–Crippen MR) is 97.1 cm³/mol. The maximum atomic E-state index is 6.08.